The summed E-state index contributed by atoms with van der Waals surface area (Å²) in [5.74, 6) is -2.02. The Bertz CT molecular complexity index is 441. The van der Waals surface area contributed by atoms with Crippen molar-refractivity contribution in [3.63, 3.8) is 0 Å². The summed E-state index contributed by atoms with van der Waals surface area (Å²) in [6, 6.07) is 1.19. The standard InChI is InChI=1S/C11H11ClF3NO2/c1-2-18-8(17)4-7-3-6(5-12)9(13)10(16-7)11(14)15/h3,11H,2,4-5H2,1H3. The highest BCUT2D eigenvalue weighted by Gasteiger charge is 2.20. The first-order valence-corrected chi connectivity index (χ1v) is 5.71. The molecule has 0 aliphatic heterocycles. The SMILES string of the molecule is CCOC(=O)Cc1cc(CCl)c(F)c(C(F)F)n1. The van der Waals surface area contributed by atoms with E-state index in [9.17, 15) is 18.0 Å². The van der Waals surface area contributed by atoms with Gasteiger partial charge in [-0.15, -0.1) is 11.6 Å². The van der Waals surface area contributed by atoms with Gasteiger partial charge in [-0.3, -0.25) is 4.79 Å². The molecule has 0 saturated heterocycles. The number of hydrogen-bond donors (Lipinski definition) is 0. The predicted octanol–water partition coefficient (Wildman–Crippen LogP) is 3.00. The van der Waals surface area contributed by atoms with Crippen LogP contribution in [-0.4, -0.2) is 17.6 Å². The summed E-state index contributed by atoms with van der Waals surface area (Å²) < 4.78 is 43.2. The van der Waals surface area contributed by atoms with Gasteiger partial charge in [-0.2, -0.15) is 0 Å². The van der Waals surface area contributed by atoms with Crippen molar-refractivity contribution in [1.29, 1.82) is 0 Å². The zero-order valence-corrected chi connectivity index (χ0v) is 10.3. The van der Waals surface area contributed by atoms with Crippen LogP contribution in [0.3, 0.4) is 0 Å². The maximum Gasteiger partial charge on any atom is 0.311 e. The lowest BCUT2D eigenvalue weighted by Crippen LogP contribution is -2.11. The van der Waals surface area contributed by atoms with Crippen LogP contribution in [0.25, 0.3) is 0 Å². The van der Waals surface area contributed by atoms with Crippen LogP contribution in [0.2, 0.25) is 0 Å². The minimum absolute atomic E-state index is 0.0146. The summed E-state index contributed by atoms with van der Waals surface area (Å²) in [5.41, 5.74) is -1.09. The molecule has 3 nitrogen and oxygen atoms in total. The van der Waals surface area contributed by atoms with Gasteiger partial charge in [0.1, 0.15) is 5.69 Å². The number of alkyl halides is 3. The van der Waals surface area contributed by atoms with Crippen molar-refractivity contribution in [2.45, 2.75) is 25.7 Å². The molecule has 1 heterocycles. The minimum Gasteiger partial charge on any atom is -0.466 e. The molecule has 0 saturated carbocycles. The number of nitrogens with zero attached hydrogens (tertiary/aromatic N) is 1. The first-order valence-electron chi connectivity index (χ1n) is 5.17. The number of pyridine rings is 1. The molecule has 1 aromatic rings. The molecule has 0 amide bonds. The molecule has 18 heavy (non-hydrogen) atoms. The van der Waals surface area contributed by atoms with Gasteiger partial charge >= 0.3 is 5.97 Å². The Balaban J connectivity index is 3.06. The van der Waals surface area contributed by atoms with Gasteiger partial charge in [0.2, 0.25) is 0 Å². The summed E-state index contributed by atoms with van der Waals surface area (Å²) >= 11 is 5.45. The largest absolute Gasteiger partial charge is 0.466 e. The number of ether oxygens (including phenoxy) is 1. The molecule has 1 aromatic heterocycles. The Labute approximate surface area is 107 Å². The number of esters is 1. The van der Waals surface area contributed by atoms with Gasteiger partial charge in [0.25, 0.3) is 6.43 Å². The Hall–Kier alpha value is -1.30. The summed E-state index contributed by atoms with van der Waals surface area (Å²) in [6.45, 7) is 1.79. The Morgan fingerprint density at radius 3 is 2.72 bits per heavy atom. The lowest BCUT2D eigenvalue weighted by atomic mass is 10.1. The molecule has 0 radical (unpaired) electrons. The molecule has 0 fully saturated rings. The van der Waals surface area contributed by atoms with E-state index in [2.05, 4.69) is 9.72 Å². The molecule has 0 bridgehead atoms. The Morgan fingerprint density at radius 1 is 1.56 bits per heavy atom. The molecule has 0 N–H and O–H groups in total. The van der Waals surface area contributed by atoms with Gasteiger partial charge < -0.3 is 4.74 Å². The van der Waals surface area contributed by atoms with E-state index in [1.807, 2.05) is 0 Å². The number of carbonyl (C=O) groups is 1. The van der Waals surface area contributed by atoms with E-state index in [1.54, 1.807) is 6.92 Å². The Kier molecular flexibility index (Phi) is 5.40. The van der Waals surface area contributed by atoms with E-state index in [0.717, 1.165) is 0 Å². The zero-order valence-electron chi connectivity index (χ0n) is 9.55. The van der Waals surface area contributed by atoms with E-state index in [1.165, 1.54) is 6.07 Å². The summed E-state index contributed by atoms with van der Waals surface area (Å²) in [4.78, 5) is 14.6. The van der Waals surface area contributed by atoms with Crippen LogP contribution in [0, 0.1) is 5.82 Å². The average molecular weight is 282 g/mol. The number of aromatic nitrogens is 1. The van der Waals surface area contributed by atoms with Gasteiger partial charge in [0, 0.05) is 5.56 Å². The normalized spacial score (nSPS) is 10.8. The lowest BCUT2D eigenvalue weighted by Gasteiger charge is -2.08. The maximum atomic E-state index is 13.4. The van der Waals surface area contributed by atoms with Crippen molar-refractivity contribution in [2.24, 2.45) is 0 Å². The number of carbonyl (C=O) groups excluding carboxylic acids is 1. The van der Waals surface area contributed by atoms with Crippen LogP contribution in [0.5, 0.6) is 0 Å². The van der Waals surface area contributed by atoms with E-state index >= 15 is 0 Å². The second-order valence-electron chi connectivity index (χ2n) is 3.39. The molecule has 0 atom stereocenters. The van der Waals surface area contributed by atoms with Crippen LogP contribution in [-0.2, 0) is 21.8 Å². The quantitative estimate of drug-likeness (QED) is 0.615. The third-order valence-electron chi connectivity index (χ3n) is 2.09. The van der Waals surface area contributed by atoms with Crippen molar-refractivity contribution in [2.75, 3.05) is 6.61 Å². The maximum absolute atomic E-state index is 13.4. The third kappa shape index (κ3) is 3.60. The van der Waals surface area contributed by atoms with E-state index in [4.69, 9.17) is 11.6 Å². The summed E-state index contributed by atoms with van der Waals surface area (Å²) in [6.07, 6.45) is -3.35. The molecule has 0 aliphatic carbocycles. The van der Waals surface area contributed by atoms with E-state index in [0.29, 0.717) is 0 Å². The molecular formula is C11H11ClF3NO2. The zero-order chi connectivity index (χ0) is 13.7. The Morgan fingerprint density at radius 2 is 2.22 bits per heavy atom. The summed E-state index contributed by atoms with van der Waals surface area (Å²) in [7, 11) is 0. The van der Waals surface area contributed by atoms with Crippen LogP contribution in [0.15, 0.2) is 6.07 Å². The number of halogens is 4. The summed E-state index contributed by atoms with van der Waals surface area (Å²) in [5, 5.41) is 0. The minimum atomic E-state index is -3.06. The average Bonchev–Trinajstić information content (AvgIpc) is 2.31. The van der Waals surface area contributed by atoms with Crippen molar-refractivity contribution in [3.05, 3.63) is 28.8 Å². The number of hydrogen-bond acceptors (Lipinski definition) is 3. The number of rotatable bonds is 5. The molecule has 0 spiro atoms. The topological polar surface area (TPSA) is 39.2 Å². The fourth-order valence-corrected chi connectivity index (χ4v) is 1.55. The van der Waals surface area contributed by atoms with Crippen LogP contribution >= 0.6 is 11.6 Å². The lowest BCUT2D eigenvalue weighted by molar-refractivity contribution is -0.142. The van der Waals surface area contributed by atoms with Crippen LogP contribution in [0.4, 0.5) is 13.2 Å². The monoisotopic (exact) mass is 281 g/mol. The molecule has 1 rings (SSSR count). The van der Waals surface area contributed by atoms with E-state index < -0.39 is 23.9 Å². The van der Waals surface area contributed by atoms with Crippen LogP contribution < -0.4 is 0 Å². The fourth-order valence-electron chi connectivity index (χ4n) is 1.36. The van der Waals surface area contributed by atoms with Crippen molar-refractivity contribution in [3.8, 4) is 0 Å². The van der Waals surface area contributed by atoms with Gasteiger partial charge in [-0.05, 0) is 13.0 Å². The first-order chi connectivity index (χ1) is 8.49. The van der Waals surface area contributed by atoms with Gasteiger partial charge in [0.05, 0.1) is 24.6 Å². The molecule has 0 unspecified atom stereocenters. The van der Waals surface area contributed by atoms with Crippen molar-refractivity contribution >= 4 is 17.6 Å². The fraction of sp³-hybridized carbons (Fsp3) is 0.455. The van der Waals surface area contributed by atoms with Crippen LogP contribution in [0.1, 0.15) is 30.3 Å². The van der Waals surface area contributed by atoms with Gasteiger partial charge in [0.15, 0.2) is 5.82 Å². The molecule has 0 aliphatic rings. The smallest absolute Gasteiger partial charge is 0.311 e. The molecular weight excluding hydrogens is 271 g/mol. The highest BCUT2D eigenvalue weighted by Crippen LogP contribution is 2.24. The third-order valence-corrected chi connectivity index (χ3v) is 2.38. The molecule has 0 aromatic carbocycles. The van der Waals surface area contributed by atoms with Crippen molar-refractivity contribution in [1.82, 2.24) is 4.98 Å². The van der Waals surface area contributed by atoms with E-state index in [-0.39, 0.29) is 30.2 Å². The highest BCUT2D eigenvalue weighted by molar-refractivity contribution is 6.17. The van der Waals surface area contributed by atoms with Gasteiger partial charge in [-0.25, -0.2) is 18.2 Å². The molecule has 7 heteroatoms. The highest BCUT2D eigenvalue weighted by atomic mass is 35.5. The predicted molar refractivity (Wildman–Crippen MR) is 59.0 cm³/mol. The van der Waals surface area contributed by atoms with Crippen molar-refractivity contribution < 1.29 is 22.7 Å². The van der Waals surface area contributed by atoms with Gasteiger partial charge in [-0.1, -0.05) is 0 Å². The molecule has 100 valence electrons. The first kappa shape index (κ1) is 14.8. The second kappa shape index (κ2) is 6.58. The second-order valence-corrected chi connectivity index (χ2v) is 3.66.